The van der Waals surface area contributed by atoms with Crippen LogP contribution in [0.1, 0.15) is 0 Å². The van der Waals surface area contributed by atoms with Crippen molar-refractivity contribution in [3.05, 3.63) is 243 Å². The van der Waals surface area contributed by atoms with E-state index in [4.69, 9.17) is 9.97 Å². The van der Waals surface area contributed by atoms with Crippen LogP contribution in [0.15, 0.2) is 243 Å². The Labute approximate surface area is 382 Å². The molecule has 11 aromatic carbocycles. The van der Waals surface area contributed by atoms with Crippen molar-refractivity contribution in [1.82, 2.24) is 9.97 Å². The summed E-state index contributed by atoms with van der Waals surface area (Å²) in [5, 5.41) is 13.3. The maximum absolute atomic E-state index is 5.70. The number of benzene rings is 11. The average Bonchev–Trinajstić information content (AvgIpc) is 3.40. The van der Waals surface area contributed by atoms with E-state index in [0.717, 1.165) is 72.3 Å². The Morgan fingerprint density at radius 1 is 0.197 bits per heavy atom. The zero-order valence-electron chi connectivity index (χ0n) is 36.0. The van der Waals surface area contributed by atoms with Crippen molar-refractivity contribution >= 4 is 64.8 Å². The molecule has 0 spiro atoms. The van der Waals surface area contributed by atoms with E-state index in [9.17, 15) is 0 Å². The minimum atomic E-state index is 0.948. The highest BCUT2D eigenvalue weighted by Crippen LogP contribution is 2.45. The minimum absolute atomic E-state index is 0.948. The SMILES string of the molecule is c1ccc(-c2cc(-c3ccc(-c4cc(-c5cc6ccccc6c6ccccc56)nc5c4cc(-c4cc6ccccc6c6ccccc46)c4ccccc45)cc3)cc(-c3ccccc3)n2)cc1. The number of nitrogens with zero attached hydrogens (tertiary/aromatic N) is 2. The molecule has 0 N–H and O–H groups in total. The summed E-state index contributed by atoms with van der Waals surface area (Å²) in [7, 11) is 0. The molecule has 0 amide bonds. The van der Waals surface area contributed by atoms with E-state index in [-0.39, 0.29) is 0 Å². The molecule has 0 atom stereocenters. The third-order valence-electron chi connectivity index (χ3n) is 13.4. The van der Waals surface area contributed by atoms with Crippen molar-refractivity contribution in [2.75, 3.05) is 0 Å². The molecular formula is C64H40N2. The first-order chi connectivity index (χ1) is 32.7. The van der Waals surface area contributed by atoms with E-state index in [1.165, 1.54) is 59.6 Å². The summed E-state index contributed by atoms with van der Waals surface area (Å²) < 4.78 is 0. The van der Waals surface area contributed by atoms with Gasteiger partial charge in [0.1, 0.15) is 0 Å². The standard InChI is InChI=1S/C64H40N2/c1-3-17-43(18-4-1)61-37-47(38-62(65-61)44-19-5-2-6-20-44)41-31-33-42(34-32-41)56-40-63(59-36-46-22-8-10-24-49(46)51-26-12-14-28-53(51)59)66-64-55-30-16-15-29-54(55)58(39-60(56)64)57-35-45-21-7-9-23-48(45)50-25-11-13-27-52(50)57/h1-40H. The summed E-state index contributed by atoms with van der Waals surface area (Å²) >= 11 is 0. The van der Waals surface area contributed by atoms with Gasteiger partial charge in [-0.1, -0.05) is 206 Å². The molecule has 66 heavy (non-hydrogen) atoms. The monoisotopic (exact) mass is 836 g/mol. The maximum Gasteiger partial charge on any atom is 0.0794 e. The molecule has 0 aliphatic heterocycles. The second-order valence-corrected chi connectivity index (χ2v) is 17.2. The molecule has 2 heterocycles. The molecule has 0 fully saturated rings. The summed E-state index contributed by atoms with van der Waals surface area (Å²) in [6.07, 6.45) is 0. The fourth-order valence-electron chi connectivity index (χ4n) is 10.2. The van der Waals surface area contributed by atoms with Crippen LogP contribution in [0.25, 0.3) is 132 Å². The van der Waals surface area contributed by atoms with Gasteiger partial charge in [0, 0.05) is 27.5 Å². The van der Waals surface area contributed by atoms with E-state index in [2.05, 4.69) is 243 Å². The van der Waals surface area contributed by atoms with Crippen LogP contribution in [0.4, 0.5) is 0 Å². The molecule has 0 aliphatic carbocycles. The Balaban J connectivity index is 1.07. The highest BCUT2D eigenvalue weighted by Gasteiger charge is 2.20. The Hall–Kier alpha value is -8.72. The predicted octanol–water partition coefficient (Wildman–Crippen LogP) is 17.4. The van der Waals surface area contributed by atoms with Gasteiger partial charge in [-0.3, -0.25) is 0 Å². The molecule has 2 heteroatoms. The van der Waals surface area contributed by atoms with Gasteiger partial charge < -0.3 is 0 Å². The normalized spacial score (nSPS) is 11.6. The largest absolute Gasteiger partial charge is 0.248 e. The van der Waals surface area contributed by atoms with Gasteiger partial charge in [0.05, 0.1) is 22.6 Å². The smallest absolute Gasteiger partial charge is 0.0794 e. The molecule has 13 rings (SSSR count). The second kappa shape index (κ2) is 15.5. The minimum Gasteiger partial charge on any atom is -0.248 e. The molecule has 13 aromatic rings. The summed E-state index contributed by atoms with van der Waals surface area (Å²) in [6.45, 7) is 0. The lowest BCUT2D eigenvalue weighted by molar-refractivity contribution is 1.32. The molecule has 0 bridgehead atoms. The summed E-state index contributed by atoms with van der Waals surface area (Å²) in [6, 6.07) is 87.8. The van der Waals surface area contributed by atoms with Gasteiger partial charge in [-0.25, -0.2) is 9.97 Å². The fourth-order valence-corrected chi connectivity index (χ4v) is 10.2. The topological polar surface area (TPSA) is 25.8 Å². The first-order valence-electron chi connectivity index (χ1n) is 22.6. The Morgan fingerprint density at radius 3 is 1.20 bits per heavy atom. The molecule has 0 saturated carbocycles. The van der Waals surface area contributed by atoms with Crippen LogP contribution < -0.4 is 0 Å². The molecule has 0 saturated heterocycles. The van der Waals surface area contributed by atoms with Gasteiger partial charge in [-0.2, -0.15) is 0 Å². The molecule has 2 nitrogen and oxygen atoms in total. The molecular weight excluding hydrogens is 797 g/mol. The lowest BCUT2D eigenvalue weighted by Gasteiger charge is -2.18. The van der Waals surface area contributed by atoms with Crippen molar-refractivity contribution in [2.24, 2.45) is 0 Å². The third-order valence-corrected chi connectivity index (χ3v) is 13.4. The van der Waals surface area contributed by atoms with Crippen LogP contribution in [0.5, 0.6) is 0 Å². The van der Waals surface area contributed by atoms with E-state index < -0.39 is 0 Å². The first-order valence-corrected chi connectivity index (χ1v) is 22.6. The quantitative estimate of drug-likeness (QED) is 0.156. The van der Waals surface area contributed by atoms with Gasteiger partial charge in [-0.15, -0.1) is 0 Å². The molecule has 306 valence electrons. The van der Waals surface area contributed by atoms with Gasteiger partial charge in [0.15, 0.2) is 0 Å². The summed E-state index contributed by atoms with van der Waals surface area (Å²) in [5.74, 6) is 0. The average molecular weight is 837 g/mol. The highest BCUT2D eigenvalue weighted by molar-refractivity contribution is 6.22. The van der Waals surface area contributed by atoms with Crippen LogP contribution in [-0.2, 0) is 0 Å². The fraction of sp³-hybridized carbons (Fsp3) is 0. The van der Waals surface area contributed by atoms with Crippen molar-refractivity contribution in [1.29, 1.82) is 0 Å². The first kappa shape index (κ1) is 37.8. The van der Waals surface area contributed by atoms with Crippen LogP contribution in [-0.4, -0.2) is 9.97 Å². The van der Waals surface area contributed by atoms with E-state index >= 15 is 0 Å². The number of hydrogen-bond acceptors (Lipinski definition) is 2. The van der Waals surface area contributed by atoms with Crippen LogP contribution in [0.3, 0.4) is 0 Å². The number of aromatic nitrogens is 2. The van der Waals surface area contributed by atoms with Gasteiger partial charge in [-0.05, 0) is 118 Å². The number of pyridine rings is 2. The highest BCUT2D eigenvalue weighted by atomic mass is 14.7. The molecule has 2 aromatic heterocycles. The lowest BCUT2D eigenvalue weighted by atomic mass is 9.87. The van der Waals surface area contributed by atoms with Crippen LogP contribution in [0.2, 0.25) is 0 Å². The van der Waals surface area contributed by atoms with Crippen molar-refractivity contribution in [3.63, 3.8) is 0 Å². The third kappa shape index (κ3) is 6.34. The number of fused-ring (bicyclic) bond motifs is 9. The lowest BCUT2D eigenvalue weighted by Crippen LogP contribution is -1.95. The van der Waals surface area contributed by atoms with Crippen molar-refractivity contribution in [3.8, 4) is 67.2 Å². The summed E-state index contributed by atoms with van der Waals surface area (Å²) in [5.41, 5.74) is 14.1. The molecule has 0 unspecified atom stereocenters. The predicted molar refractivity (Wildman–Crippen MR) is 280 cm³/mol. The number of hydrogen-bond donors (Lipinski definition) is 0. The van der Waals surface area contributed by atoms with E-state index in [1.807, 2.05) is 0 Å². The zero-order chi connectivity index (χ0) is 43.6. The van der Waals surface area contributed by atoms with Gasteiger partial charge in [0.2, 0.25) is 0 Å². The molecule has 0 aliphatic rings. The summed E-state index contributed by atoms with van der Waals surface area (Å²) in [4.78, 5) is 10.9. The van der Waals surface area contributed by atoms with Crippen molar-refractivity contribution in [2.45, 2.75) is 0 Å². The van der Waals surface area contributed by atoms with Crippen molar-refractivity contribution < 1.29 is 0 Å². The molecule has 0 radical (unpaired) electrons. The maximum atomic E-state index is 5.70. The Kier molecular flexibility index (Phi) is 8.89. The Morgan fingerprint density at radius 2 is 0.621 bits per heavy atom. The second-order valence-electron chi connectivity index (χ2n) is 17.2. The number of rotatable bonds is 6. The van der Waals surface area contributed by atoms with Gasteiger partial charge >= 0.3 is 0 Å². The zero-order valence-corrected chi connectivity index (χ0v) is 36.0. The van der Waals surface area contributed by atoms with Crippen LogP contribution in [0, 0.1) is 0 Å². The van der Waals surface area contributed by atoms with E-state index in [0.29, 0.717) is 0 Å². The van der Waals surface area contributed by atoms with Crippen LogP contribution >= 0.6 is 0 Å². The Bertz CT molecular complexity index is 3970. The van der Waals surface area contributed by atoms with E-state index in [1.54, 1.807) is 0 Å². The van der Waals surface area contributed by atoms with Gasteiger partial charge in [0.25, 0.3) is 0 Å².